The van der Waals surface area contributed by atoms with E-state index in [0.29, 0.717) is 18.0 Å². The van der Waals surface area contributed by atoms with Crippen LogP contribution in [0.25, 0.3) is 0 Å². The summed E-state index contributed by atoms with van der Waals surface area (Å²) < 4.78 is 32.7. The lowest BCUT2D eigenvalue weighted by molar-refractivity contribution is -0.0760. The molecule has 1 fully saturated rings. The fourth-order valence-corrected chi connectivity index (χ4v) is 3.58. The van der Waals surface area contributed by atoms with Crippen molar-refractivity contribution in [2.24, 2.45) is 0 Å². The number of hydrogen-bond donors (Lipinski definition) is 1. The van der Waals surface area contributed by atoms with E-state index in [1.54, 1.807) is 18.5 Å². The van der Waals surface area contributed by atoms with Crippen LogP contribution in [0.4, 0.5) is 0 Å². The van der Waals surface area contributed by atoms with Crippen LogP contribution in [0.2, 0.25) is 0 Å². The number of pyridine rings is 1. The van der Waals surface area contributed by atoms with E-state index in [-0.39, 0.29) is 11.4 Å². The van der Waals surface area contributed by atoms with Gasteiger partial charge in [0.2, 0.25) is 10.0 Å². The van der Waals surface area contributed by atoms with E-state index >= 15 is 0 Å². The normalized spacial score (nSPS) is 21.5. The van der Waals surface area contributed by atoms with Crippen molar-refractivity contribution in [1.29, 1.82) is 0 Å². The van der Waals surface area contributed by atoms with Crippen LogP contribution >= 0.6 is 0 Å². The molecule has 0 saturated carbocycles. The number of sulfonamides is 1. The Morgan fingerprint density at radius 3 is 2.67 bits per heavy atom. The minimum atomic E-state index is -3.59. The van der Waals surface area contributed by atoms with Crippen molar-refractivity contribution in [3.63, 3.8) is 0 Å². The van der Waals surface area contributed by atoms with Crippen molar-refractivity contribution < 1.29 is 13.2 Å². The van der Waals surface area contributed by atoms with E-state index in [2.05, 4.69) is 19.7 Å². The van der Waals surface area contributed by atoms with Gasteiger partial charge in [-0.05, 0) is 38.3 Å². The van der Waals surface area contributed by atoms with Crippen molar-refractivity contribution in [3.8, 4) is 0 Å². The SMILES string of the molecule is C[C@]1(c2ncc(CNS(=O)(=O)c3cccnc3)cn2)CCCCO1. The Kier molecular flexibility index (Phi) is 4.88. The maximum Gasteiger partial charge on any atom is 0.242 e. The molecule has 0 bridgehead atoms. The highest BCUT2D eigenvalue weighted by Crippen LogP contribution is 2.32. The zero-order valence-electron chi connectivity index (χ0n) is 13.5. The quantitative estimate of drug-likeness (QED) is 0.885. The molecule has 0 aliphatic carbocycles. The fourth-order valence-electron chi connectivity index (χ4n) is 2.60. The molecule has 2 aromatic heterocycles. The smallest absolute Gasteiger partial charge is 0.242 e. The Labute approximate surface area is 141 Å². The van der Waals surface area contributed by atoms with Crippen molar-refractivity contribution >= 4 is 10.0 Å². The van der Waals surface area contributed by atoms with E-state index in [9.17, 15) is 8.42 Å². The van der Waals surface area contributed by atoms with Crippen LogP contribution in [0, 0.1) is 0 Å². The van der Waals surface area contributed by atoms with E-state index < -0.39 is 15.6 Å². The van der Waals surface area contributed by atoms with Crippen LogP contribution in [0.15, 0.2) is 41.8 Å². The molecule has 3 rings (SSSR count). The van der Waals surface area contributed by atoms with E-state index in [0.717, 1.165) is 19.3 Å². The summed E-state index contributed by atoms with van der Waals surface area (Å²) >= 11 is 0. The number of nitrogens with zero attached hydrogens (tertiary/aromatic N) is 3. The number of aromatic nitrogens is 3. The molecule has 0 spiro atoms. The van der Waals surface area contributed by atoms with Gasteiger partial charge in [-0.1, -0.05) is 0 Å². The Bertz CT molecular complexity index is 773. The molecule has 0 radical (unpaired) electrons. The van der Waals surface area contributed by atoms with Crippen molar-refractivity contribution in [3.05, 3.63) is 48.3 Å². The van der Waals surface area contributed by atoms with E-state index in [1.807, 2.05) is 6.92 Å². The van der Waals surface area contributed by atoms with Gasteiger partial charge in [0.1, 0.15) is 10.5 Å². The molecular weight excluding hydrogens is 328 g/mol. The van der Waals surface area contributed by atoms with E-state index in [1.165, 1.54) is 18.5 Å². The second kappa shape index (κ2) is 6.92. The first-order valence-corrected chi connectivity index (χ1v) is 9.33. The molecule has 8 heteroatoms. The van der Waals surface area contributed by atoms with Crippen LogP contribution in [0.5, 0.6) is 0 Å². The summed E-state index contributed by atoms with van der Waals surface area (Å²) in [7, 11) is -3.59. The summed E-state index contributed by atoms with van der Waals surface area (Å²) in [4.78, 5) is 12.7. The molecule has 3 heterocycles. The van der Waals surface area contributed by atoms with Crippen molar-refractivity contribution in [2.45, 2.75) is 43.2 Å². The van der Waals surface area contributed by atoms with E-state index in [4.69, 9.17) is 4.74 Å². The molecular formula is C16H20N4O3S. The van der Waals surface area contributed by atoms with Crippen LogP contribution in [0.1, 0.15) is 37.6 Å². The van der Waals surface area contributed by atoms with Gasteiger partial charge in [0, 0.05) is 43.5 Å². The lowest BCUT2D eigenvalue weighted by atomic mass is 9.95. The lowest BCUT2D eigenvalue weighted by Crippen LogP contribution is -2.32. The number of ether oxygens (including phenoxy) is 1. The molecule has 128 valence electrons. The van der Waals surface area contributed by atoms with Crippen LogP contribution in [0.3, 0.4) is 0 Å². The summed E-state index contributed by atoms with van der Waals surface area (Å²) in [6.07, 6.45) is 9.15. The predicted molar refractivity (Wildman–Crippen MR) is 87.4 cm³/mol. The van der Waals surface area contributed by atoms with Gasteiger partial charge in [0.25, 0.3) is 0 Å². The maximum atomic E-state index is 12.2. The van der Waals surface area contributed by atoms with Gasteiger partial charge in [-0.15, -0.1) is 0 Å². The minimum absolute atomic E-state index is 0.120. The second-order valence-corrected chi connectivity index (χ2v) is 7.73. The molecule has 1 saturated heterocycles. The monoisotopic (exact) mass is 348 g/mol. The molecule has 1 atom stereocenters. The highest BCUT2D eigenvalue weighted by Gasteiger charge is 2.32. The highest BCUT2D eigenvalue weighted by molar-refractivity contribution is 7.89. The van der Waals surface area contributed by atoms with Gasteiger partial charge in [-0.2, -0.15) is 0 Å². The summed E-state index contributed by atoms with van der Waals surface area (Å²) in [6.45, 7) is 2.83. The van der Waals surface area contributed by atoms with Crippen molar-refractivity contribution in [1.82, 2.24) is 19.7 Å². The molecule has 0 aromatic carbocycles. The summed E-state index contributed by atoms with van der Waals surface area (Å²) in [5.41, 5.74) is 0.233. The topological polar surface area (TPSA) is 94.1 Å². The van der Waals surface area contributed by atoms with Crippen LogP contribution < -0.4 is 4.72 Å². The Morgan fingerprint density at radius 2 is 2.04 bits per heavy atom. The van der Waals surface area contributed by atoms with Gasteiger partial charge in [0.15, 0.2) is 5.82 Å². The highest BCUT2D eigenvalue weighted by atomic mass is 32.2. The second-order valence-electron chi connectivity index (χ2n) is 5.96. The summed E-state index contributed by atoms with van der Waals surface area (Å²) in [6, 6.07) is 3.08. The zero-order valence-corrected chi connectivity index (χ0v) is 14.3. The standard InChI is InChI=1S/C16H20N4O3S/c1-16(6-2-3-8-23-16)15-18-9-13(10-19-15)11-20-24(21,22)14-5-4-7-17-12-14/h4-5,7,9-10,12,20H,2-3,6,8,11H2,1H3/t16-/m1/s1. The third-order valence-electron chi connectivity index (χ3n) is 4.06. The molecule has 0 amide bonds. The number of rotatable bonds is 5. The largest absolute Gasteiger partial charge is 0.367 e. The molecule has 0 unspecified atom stereocenters. The Balaban J connectivity index is 1.66. The molecule has 1 aliphatic rings. The third-order valence-corrected chi connectivity index (χ3v) is 5.44. The molecule has 1 N–H and O–H groups in total. The van der Waals surface area contributed by atoms with Gasteiger partial charge in [-0.3, -0.25) is 4.98 Å². The molecule has 1 aliphatic heterocycles. The average Bonchev–Trinajstić information content (AvgIpc) is 2.62. The molecule has 7 nitrogen and oxygen atoms in total. The Morgan fingerprint density at radius 1 is 1.25 bits per heavy atom. The van der Waals surface area contributed by atoms with Gasteiger partial charge in [-0.25, -0.2) is 23.1 Å². The van der Waals surface area contributed by atoms with Gasteiger partial charge >= 0.3 is 0 Å². The number of nitrogens with one attached hydrogen (secondary N) is 1. The number of hydrogen-bond acceptors (Lipinski definition) is 6. The summed E-state index contributed by atoms with van der Waals surface area (Å²) in [5, 5.41) is 0. The van der Waals surface area contributed by atoms with Crippen LogP contribution in [-0.4, -0.2) is 30.0 Å². The minimum Gasteiger partial charge on any atom is -0.367 e. The Hall–Kier alpha value is -1.90. The third kappa shape index (κ3) is 3.77. The van der Waals surface area contributed by atoms with Crippen LogP contribution in [-0.2, 0) is 26.9 Å². The lowest BCUT2D eigenvalue weighted by Gasteiger charge is -2.32. The zero-order chi connectivity index (χ0) is 17.0. The maximum absolute atomic E-state index is 12.2. The first-order chi connectivity index (χ1) is 11.5. The van der Waals surface area contributed by atoms with Gasteiger partial charge < -0.3 is 4.74 Å². The first kappa shape index (κ1) is 16.9. The average molecular weight is 348 g/mol. The predicted octanol–water partition coefficient (Wildman–Crippen LogP) is 1.77. The molecule has 24 heavy (non-hydrogen) atoms. The summed E-state index contributed by atoms with van der Waals surface area (Å²) in [5.74, 6) is 0.640. The fraction of sp³-hybridized carbons (Fsp3) is 0.438. The van der Waals surface area contributed by atoms with Gasteiger partial charge in [0.05, 0.1) is 0 Å². The first-order valence-electron chi connectivity index (χ1n) is 7.85. The van der Waals surface area contributed by atoms with Crippen molar-refractivity contribution in [2.75, 3.05) is 6.61 Å². The molecule has 2 aromatic rings.